The van der Waals surface area contributed by atoms with Gasteiger partial charge in [-0.25, -0.2) is 0 Å². The first-order chi connectivity index (χ1) is 13.0. The molecule has 0 unspecified atom stereocenters. The van der Waals surface area contributed by atoms with Crippen LogP contribution in [0.15, 0.2) is 35.7 Å². The van der Waals surface area contributed by atoms with E-state index in [1.807, 2.05) is 35.8 Å². The number of amides is 1. The van der Waals surface area contributed by atoms with Crippen LogP contribution in [0, 0.1) is 12.3 Å². The van der Waals surface area contributed by atoms with Gasteiger partial charge < -0.3 is 15.2 Å². The van der Waals surface area contributed by atoms with Crippen molar-refractivity contribution in [2.45, 2.75) is 24.9 Å². The number of nitrogens with zero attached hydrogens (tertiary/aromatic N) is 3. The molecule has 1 aromatic heterocycles. The summed E-state index contributed by atoms with van der Waals surface area (Å²) < 4.78 is 7.06. The van der Waals surface area contributed by atoms with E-state index < -0.39 is 11.4 Å². The smallest absolute Gasteiger partial charge is 0.311 e. The molecule has 0 spiro atoms. The Morgan fingerprint density at radius 1 is 1.30 bits per heavy atom. The van der Waals surface area contributed by atoms with Crippen LogP contribution >= 0.6 is 11.8 Å². The number of carbonyl (C=O) groups excluding carboxylic acids is 1. The van der Waals surface area contributed by atoms with E-state index in [4.69, 9.17) is 4.74 Å². The monoisotopic (exact) mass is 390 g/mol. The maximum Gasteiger partial charge on any atom is 0.311 e. The number of carbonyl (C=O) groups is 2. The Morgan fingerprint density at radius 2 is 2.00 bits per heavy atom. The highest BCUT2D eigenvalue weighted by molar-refractivity contribution is 7.99. The molecule has 0 aliphatic carbocycles. The quantitative estimate of drug-likeness (QED) is 0.693. The third kappa shape index (κ3) is 4.67. The maximum absolute atomic E-state index is 12.2. The molecule has 0 saturated carbocycles. The van der Waals surface area contributed by atoms with Crippen LogP contribution < -0.4 is 5.32 Å². The number of thioether (sulfide) groups is 1. The van der Waals surface area contributed by atoms with Gasteiger partial charge in [0.2, 0.25) is 5.91 Å². The zero-order valence-corrected chi connectivity index (χ0v) is 15.9. The van der Waals surface area contributed by atoms with Gasteiger partial charge in [0.25, 0.3) is 0 Å². The van der Waals surface area contributed by atoms with Gasteiger partial charge in [0.15, 0.2) is 5.16 Å². The molecular formula is C18H22N4O4S. The van der Waals surface area contributed by atoms with Crippen LogP contribution in [0.5, 0.6) is 0 Å². The number of hydrogen-bond donors (Lipinski definition) is 2. The van der Waals surface area contributed by atoms with E-state index in [-0.39, 0.29) is 18.2 Å². The van der Waals surface area contributed by atoms with Gasteiger partial charge in [-0.05, 0) is 31.9 Å². The Balaban J connectivity index is 1.56. The topological polar surface area (TPSA) is 106 Å². The van der Waals surface area contributed by atoms with Crippen molar-refractivity contribution in [2.75, 3.05) is 25.5 Å². The Kier molecular flexibility index (Phi) is 6.12. The zero-order chi connectivity index (χ0) is 19.3. The van der Waals surface area contributed by atoms with Crippen molar-refractivity contribution in [3.05, 3.63) is 36.2 Å². The number of benzene rings is 1. The number of carboxylic acid groups (broad SMARTS) is 1. The third-order valence-electron chi connectivity index (χ3n) is 4.69. The molecule has 0 radical (unpaired) electrons. The van der Waals surface area contributed by atoms with E-state index in [1.54, 1.807) is 6.33 Å². The minimum Gasteiger partial charge on any atom is -0.481 e. The van der Waals surface area contributed by atoms with E-state index >= 15 is 0 Å². The first-order valence-electron chi connectivity index (χ1n) is 8.68. The molecule has 2 N–H and O–H groups in total. The van der Waals surface area contributed by atoms with Crippen LogP contribution in [0.25, 0.3) is 5.69 Å². The summed E-state index contributed by atoms with van der Waals surface area (Å²) in [5.74, 6) is -0.986. The summed E-state index contributed by atoms with van der Waals surface area (Å²) >= 11 is 1.26. The van der Waals surface area contributed by atoms with E-state index in [2.05, 4.69) is 15.5 Å². The summed E-state index contributed by atoms with van der Waals surface area (Å²) in [5, 5.41) is 20.9. The van der Waals surface area contributed by atoms with Crippen LogP contribution in [0.2, 0.25) is 0 Å². The average Bonchev–Trinajstić information content (AvgIpc) is 3.14. The zero-order valence-electron chi connectivity index (χ0n) is 15.1. The molecule has 144 valence electrons. The lowest BCUT2D eigenvalue weighted by molar-refractivity contribution is -0.154. The average molecular weight is 390 g/mol. The lowest BCUT2D eigenvalue weighted by Crippen LogP contribution is -2.46. The standard InChI is InChI=1S/C18H22N4O4S/c1-13-2-4-14(5-3-13)22-12-20-21-17(22)27-10-15(23)19-11-18(16(24)25)6-8-26-9-7-18/h2-5,12H,6-11H2,1H3,(H,19,23)(H,24,25). The first kappa shape index (κ1) is 19.4. The number of rotatable bonds is 7. The van der Waals surface area contributed by atoms with Gasteiger partial charge >= 0.3 is 5.97 Å². The van der Waals surface area contributed by atoms with Gasteiger partial charge in [-0.15, -0.1) is 10.2 Å². The molecule has 27 heavy (non-hydrogen) atoms. The molecule has 0 atom stereocenters. The first-order valence-corrected chi connectivity index (χ1v) is 9.66. The second-order valence-corrected chi connectivity index (χ2v) is 7.52. The van der Waals surface area contributed by atoms with E-state index in [0.29, 0.717) is 31.2 Å². The summed E-state index contributed by atoms with van der Waals surface area (Å²) in [4.78, 5) is 23.8. The van der Waals surface area contributed by atoms with Gasteiger partial charge in [0, 0.05) is 25.4 Å². The fraction of sp³-hybridized carbons (Fsp3) is 0.444. The highest BCUT2D eigenvalue weighted by atomic mass is 32.2. The molecule has 0 bridgehead atoms. The van der Waals surface area contributed by atoms with E-state index in [9.17, 15) is 14.7 Å². The van der Waals surface area contributed by atoms with Crippen LogP contribution in [0.3, 0.4) is 0 Å². The van der Waals surface area contributed by atoms with Gasteiger partial charge in [0.05, 0.1) is 11.2 Å². The van der Waals surface area contributed by atoms with Crippen molar-refractivity contribution >= 4 is 23.6 Å². The molecule has 3 rings (SSSR count). The Bertz CT molecular complexity index is 800. The summed E-state index contributed by atoms with van der Waals surface area (Å²) in [7, 11) is 0. The van der Waals surface area contributed by atoms with E-state index in [0.717, 1.165) is 11.3 Å². The van der Waals surface area contributed by atoms with Crippen molar-refractivity contribution in [1.29, 1.82) is 0 Å². The number of aromatic nitrogens is 3. The molecule has 1 amide bonds. The largest absolute Gasteiger partial charge is 0.481 e. The van der Waals surface area contributed by atoms with Gasteiger partial charge in [-0.2, -0.15) is 0 Å². The molecule has 1 aliphatic heterocycles. The van der Waals surface area contributed by atoms with Crippen LogP contribution in [0.4, 0.5) is 0 Å². The number of aliphatic carboxylic acids is 1. The molecule has 2 aromatic rings. The van der Waals surface area contributed by atoms with Crippen molar-refractivity contribution in [2.24, 2.45) is 5.41 Å². The summed E-state index contributed by atoms with van der Waals surface area (Å²) in [6.07, 6.45) is 2.40. The molecule has 1 aliphatic rings. The lowest BCUT2D eigenvalue weighted by Gasteiger charge is -2.33. The number of nitrogens with one attached hydrogen (secondary N) is 1. The molecule has 1 fully saturated rings. The van der Waals surface area contributed by atoms with Crippen molar-refractivity contribution < 1.29 is 19.4 Å². The van der Waals surface area contributed by atoms with Gasteiger partial charge in [0.1, 0.15) is 6.33 Å². The SMILES string of the molecule is Cc1ccc(-n2cnnc2SCC(=O)NCC2(C(=O)O)CCOCC2)cc1. The second kappa shape index (κ2) is 8.53. The number of ether oxygens (including phenoxy) is 1. The maximum atomic E-state index is 12.2. The van der Waals surface area contributed by atoms with Crippen LogP contribution in [-0.2, 0) is 14.3 Å². The van der Waals surface area contributed by atoms with Crippen molar-refractivity contribution in [1.82, 2.24) is 20.1 Å². The Labute approximate surface area is 161 Å². The molecule has 9 heteroatoms. The Hall–Kier alpha value is -2.39. The molecule has 8 nitrogen and oxygen atoms in total. The lowest BCUT2D eigenvalue weighted by atomic mass is 9.80. The molecule has 2 heterocycles. The van der Waals surface area contributed by atoms with Crippen molar-refractivity contribution in [3.8, 4) is 5.69 Å². The van der Waals surface area contributed by atoms with Gasteiger partial charge in [-0.1, -0.05) is 29.5 Å². The Morgan fingerprint density at radius 3 is 2.67 bits per heavy atom. The van der Waals surface area contributed by atoms with E-state index in [1.165, 1.54) is 11.8 Å². The predicted octanol–water partition coefficient (Wildman–Crippen LogP) is 1.67. The minimum atomic E-state index is -0.944. The number of hydrogen-bond acceptors (Lipinski definition) is 6. The fourth-order valence-corrected chi connectivity index (χ4v) is 3.64. The minimum absolute atomic E-state index is 0.107. The number of aryl methyl sites for hydroxylation is 1. The molecular weight excluding hydrogens is 368 g/mol. The van der Waals surface area contributed by atoms with Gasteiger partial charge in [-0.3, -0.25) is 14.2 Å². The van der Waals surface area contributed by atoms with Crippen LogP contribution in [-0.4, -0.2) is 57.3 Å². The summed E-state index contributed by atoms with van der Waals surface area (Å²) in [6, 6.07) is 7.92. The summed E-state index contributed by atoms with van der Waals surface area (Å²) in [6.45, 7) is 2.92. The fourth-order valence-electron chi connectivity index (χ4n) is 2.88. The highest BCUT2D eigenvalue weighted by Crippen LogP contribution is 2.30. The van der Waals surface area contributed by atoms with Crippen LogP contribution in [0.1, 0.15) is 18.4 Å². The number of carboxylic acids is 1. The predicted molar refractivity (Wildman–Crippen MR) is 100.0 cm³/mol. The summed E-state index contributed by atoms with van der Waals surface area (Å²) in [5.41, 5.74) is 1.13. The highest BCUT2D eigenvalue weighted by Gasteiger charge is 2.40. The van der Waals surface area contributed by atoms with Crippen molar-refractivity contribution in [3.63, 3.8) is 0 Å². The molecule has 1 saturated heterocycles. The second-order valence-electron chi connectivity index (χ2n) is 6.58. The third-order valence-corrected chi connectivity index (χ3v) is 5.63. The molecule has 1 aromatic carbocycles. The normalized spacial score (nSPS) is 16.0.